The van der Waals surface area contributed by atoms with Crippen molar-refractivity contribution in [1.29, 1.82) is 0 Å². The predicted octanol–water partition coefficient (Wildman–Crippen LogP) is 6.49. The van der Waals surface area contributed by atoms with Crippen LogP contribution in [-0.4, -0.2) is 19.3 Å². The van der Waals surface area contributed by atoms with Gasteiger partial charge in [0.15, 0.2) is 0 Å². The van der Waals surface area contributed by atoms with E-state index in [2.05, 4.69) is 10.3 Å². The Labute approximate surface area is 183 Å². The van der Waals surface area contributed by atoms with Crippen LogP contribution in [0.2, 0.25) is 0 Å². The first kappa shape index (κ1) is 21.8. The molecule has 1 aliphatic rings. The van der Waals surface area contributed by atoms with Crippen molar-refractivity contribution in [3.63, 3.8) is 0 Å². The van der Waals surface area contributed by atoms with Gasteiger partial charge in [0, 0.05) is 23.1 Å². The SMILES string of the molecule is COC(=O)C(C)(C)C1CC(C=Nc2ccccc2)=C(Cl)/C(=C/Nc2ccccc2)C1. The summed E-state index contributed by atoms with van der Waals surface area (Å²) >= 11 is 6.77. The summed E-state index contributed by atoms with van der Waals surface area (Å²) in [6.07, 6.45) is 5.06. The second kappa shape index (κ2) is 9.77. The van der Waals surface area contributed by atoms with Gasteiger partial charge in [-0.1, -0.05) is 48.0 Å². The van der Waals surface area contributed by atoms with Gasteiger partial charge in [-0.3, -0.25) is 9.79 Å². The Morgan fingerprint density at radius 2 is 1.73 bits per heavy atom. The third-order valence-electron chi connectivity index (χ3n) is 5.54. The van der Waals surface area contributed by atoms with Gasteiger partial charge < -0.3 is 10.1 Å². The molecule has 1 atom stereocenters. The molecule has 0 amide bonds. The molecule has 1 unspecified atom stereocenters. The van der Waals surface area contributed by atoms with Crippen LogP contribution in [0.3, 0.4) is 0 Å². The Morgan fingerprint density at radius 1 is 1.10 bits per heavy atom. The van der Waals surface area contributed by atoms with Crippen molar-refractivity contribution < 1.29 is 9.53 Å². The fraction of sp³-hybridized carbons (Fsp3) is 0.280. The van der Waals surface area contributed by atoms with E-state index >= 15 is 0 Å². The number of aliphatic imine (C=N–C) groups is 1. The van der Waals surface area contributed by atoms with Gasteiger partial charge in [0.2, 0.25) is 0 Å². The van der Waals surface area contributed by atoms with Crippen molar-refractivity contribution in [2.24, 2.45) is 16.3 Å². The molecule has 0 bridgehead atoms. The Kier molecular flexibility index (Phi) is 7.11. The molecule has 156 valence electrons. The highest BCUT2D eigenvalue weighted by Gasteiger charge is 2.40. The predicted molar refractivity (Wildman–Crippen MR) is 124 cm³/mol. The monoisotopic (exact) mass is 422 g/mol. The lowest BCUT2D eigenvalue weighted by molar-refractivity contribution is -0.154. The first-order valence-corrected chi connectivity index (χ1v) is 10.4. The Balaban J connectivity index is 1.94. The molecule has 30 heavy (non-hydrogen) atoms. The molecule has 0 saturated heterocycles. The van der Waals surface area contributed by atoms with E-state index in [4.69, 9.17) is 16.3 Å². The van der Waals surface area contributed by atoms with Gasteiger partial charge in [0.25, 0.3) is 0 Å². The number of carbonyl (C=O) groups is 1. The zero-order valence-electron chi connectivity index (χ0n) is 17.6. The van der Waals surface area contributed by atoms with Crippen LogP contribution in [0.5, 0.6) is 0 Å². The number of para-hydroxylation sites is 2. The number of hydrogen-bond acceptors (Lipinski definition) is 4. The number of benzene rings is 2. The Hall–Kier alpha value is -2.85. The molecule has 3 rings (SSSR count). The molecule has 0 radical (unpaired) electrons. The number of nitrogens with one attached hydrogen (secondary N) is 1. The summed E-state index contributed by atoms with van der Waals surface area (Å²) < 4.78 is 5.07. The first-order valence-electron chi connectivity index (χ1n) is 9.99. The molecule has 1 N–H and O–H groups in total. The van der Waals surface area contributed by atoms with Crippen molar-refractivity contribution >= 4 is 35.2 Å². The number of hydrogen-bond donors (Lipinski definition) is 1. The Bertz CT molecular complexity index is 963. The van der Waals surface area contributed by atoms with Gasteiger partial charge in [0.05, 0.1) is 18.2 Å². The highest BCUT2D eigenvalue weighted by molar-refractivity contribution is 6.33. The number of methoxy groups -OCH3 is 1. The molecule has 0 aliphatic heterocycles. The van der Waals surface area contributed by atoms with Crippen molar-refractivity contribution in [2.75, 3.05) is 12.4 Å². The van der Waals surface area contributed by atoms with Crippen LogP contribution in [-0.2, 0) is 9.53 Å². The van der Waals surface area contributed by atoms with E-state index in [9.17, 15) is 4.79 Å². The standard InChI is InChI=1S/C25H27ClN2O2/c1-25(2,24(29)30-3)20-14-18(16-27-21-10-6-4-7-11-21)23(26)19(15-20)17-28-22-12-8-5-9-13-22/h4-13,16-17,20,27H,14-15H2,1-3H3/b18-16+,28-17?. The van der Waals surface area contributed by atoms with E-state index in [1.165, 1.54) is 7.11 Å². The van der Waals surface area contributed by atoms with Gasteiger partial charge in [-0.15, -0.1) is 0 Å². The maximum absolute atomic E-state index is 12.4. The molecule has 0 heterocycles. The van der Waals surface area contributed by atoms with E-state index in [1.807, 2.05) is 86.9 Å². The summed E-state index contributed by atoms with van der Waals surface area (Å²) in [7, 11) is 1.43. The van der Waals surface area contributed by atoms with E-state index in [0.29, 0.717) is 17.9 Å². The smallest absolute Gasteiger partial charge is 0.311 e. The summed E-state index contributed by atoms with van der Waals surface area (Å²) in [5, 5.41) is 3.99. The maximum Gasteiger partial charge on any atom is 0.311 e. The number of anilines is 1. The topological polar surface area (TPSA) is 50.7 Å². The van der Waals surface area contributed by atoms with Crippen LogP contribution >= 0.6 is 11.6 Å². The number of halogens is 1. The minimum Gasteiger partial charge on any atom is -0.469 e. The number of esters is 1. The molecule has 5 heteroatoms. The fourth-order valence-corrected chi connectivity index (χ4v) is 3.79. The third kappa shape index (κ3) is 5.19. The molecule has 4 nitrogen and oxygen atoms in total. The lowest BCUT2D eigenvalue weighted by atomic mass is 9.70. The van der Waals surface area contributed by atoms with Crippen molar-refractivity contribution in [2.45, 2.75) is 26.7 Å². The molecule has 2 aromatic carbocycles. The number of rotatable bonds is 6. The van der Waals surface area contributed by atoms with Crippen molar-refractivity contribution in [3.8, 4) is 0 Å². The summed E-state index contributed by atoms with van der Waals surface area (Å²) in [5.74, 6) is -0.186. The maximum atomic E-state index is 12.4. The lowest BCUT2D eigenvalue weighted by Crippen LogP contribution is -2.36. The van der Waals surface area contributed by atoms with Crippen LogP contribution in [0, 0.1) is 11.3 Å². The molecule has 2 aromatic rings. The Morgan fingerprint density at radius 3 is 2.37 bits per heavy atom. The van der Waals surface area contributed by atoms with Crippen LogP contribution in [0.15, 0.2) is 88.0 Å². The lowest BCUT2D eigenvalue weighted by Gasteiger charge is -2.36. The quantitative estimate of drug-likeness (QED) is 0.427. The molecule has 0 fully saturated rings. The van der Waals surface area contributed by atoms with E-state index < -0.39 is 5.41 Å². The van der Waals surface area contributed by atoms with Gasteiger partial charge >= 0.3 is 5.97 Å². The number of carbonyl (C=O) groups excluding carboxylic acids is 1. The number of allylic oxidation sites excluding steroid dienone is 3. The van der Waals surface area contributed by atoms with Crippen LogP contribution in [0.4, 0.5) is 11.4 Å². The van der Waals surface area contributed by atoms with Crippen LogP contribution in [0.25, 0.3) is 0 Å². The van der Waals surface area contributed by atoms with Crippen molar-refractivity contribution in [1.82, 2.24) is 0 Å². The highest BCUT2D eigenvalue weighted by atomic mass is 35.5. The fourth-order valence-electron chi connectivity index (χ4n) is 3.53. The van der Waals surface area contributed by atoms with E-state index in [-0.39, 0.29) is 11.9 Å². The first-order chi connectivity index (χ1) is 14.4. The molecular formula is C25H27ClN2O2. The van der Waals surface area contributed by atoms with E-state index in [1.54, 1.807) is 0 Å². The minimum absolute atomic E-state index is 0.0356. The molecular weight excluding hydrogens is 396 g/mol. The summed E-state index contributed by atoms with van der Waals surface area (Å²) in [4.78, 5) is 17.0. The van der Waals surface area contributed by atoms with E-state index in [0.717, 1.165) is 22.5 Å². The van der Waals surface area contributed by atoms with Crippen molar-refractivity contribution in [3.05, 3.63) is 83.0 Å². The number of nitrogens with zero attached hydrogens (tertiary/aromatic N) is 1. The van der Waals surface area contributed by atoms with Crippen LogP contribution < -0.4 is 5.32 Å². The molecule has 0 spiro atoms. The molecule has 0 aromatic heterocycles. The summed E-state index contributed by atoms with van der Waals surface area (Å²) in [5.41, 5.74) is 3.04. The second-order valence-corrected chi connectivity index (χ2v) is 8.31. The zero-order chi connectivity index (χ0) is 21.6. The van der Waals surface area contributed by atoms with Gasteiger partial charge in [-0.2, -0.15) is 0 Å². The largest absolute Gasteiger partial charge is 0.469 e. The van der Waals surface area contributed by atoms with Gasteiger partial charge in [0.1, 0.15) is 0 Å². The van der Waals surface area contributed by atoms with Gasteiger partial charge in [-0.25, -0.2) is 0 Å². The third-order valence-corrected chi connectivity index (χ3v) is 6.03. The average Bonchev–Trinajstić information content (AvgIpc) is 2.78. The number of ether oxygens (including phenoxy) is 1. The van der Waals surface area contributed by atoms with Crippen LogP contribution in [0.1, 0.15) is 26.7 Å². The summed E-state index contributed by atoms with van der Waals surface area (Å²) in [6, 6.07) is 19.6. The highest BCUT2D eigenvalue weighted by Crippen LogP contribution is 2.44. The second-order valence-electron chi connectivity index (χ2n) is 7.93. The average molecular weight is 423 g/mol. The molecule has 1 aliphatic carbocycles. The molecule has 0 saturated carbocycles. The minimum atomic E-state index is -0.649. The van der Waals surface area contributed by atoms with Gasteiger partial charge in [-0.05, 0) is 68.0 Å². The zero-order valence-corrected chi connectivity index (χ0v) is 18.3. The normalized spacial score (nSPS) is 18.7. The summed E-state index contributed by atoms with van der Waals surface area (Å²) in [6.45, 7) is 3.86.